The Labute approximate surface area is 97.7 Å². The fourth-order valence-electron chi connectivity index (χ4n) is 1.37. The van der Waals surface area contributed by atoms with Crippen LogP contribution in [0.4, 0.5) is 0 Å². The molecule has 2 aromatic rings. The molecule has 1 aromatic heterocycles. The summed E-state index contributed by atoms with van der Waals surface area (Å²) in [6, 6.07) is 9.28. The van der Waals surface area contributed by atoms with Gasteiger partial charge in [0.05, 0.1) is 12.3 Å². The molecule has 0 unspecified atom stereocenters. The Morgan fingerprint density at radius 2 is 2.19 bits per heavy atom. The first-order valence-electron chi connectivity index (χ1n) is 4.65. The predicted octanol–water partition coefficient (Wildman–Crippen LogP) is 2.17. The average Bonchev–Trinajstić information content (AvgIpc) is 2.39. The van der Waals surface area contributed by atoms with Crippen LogP contribution in [0.5, 0.6) is 6.01 Å². The molecule has 0 fully saturated rings. The van der Waals surface area contributed by atoms with Crippen LogP contribution in [0.15, 0.2) is 36.5 Å². The van der Waals surface area contributed by atoms with Crippen molar-refractivity contribution in [2.45, 2.75) is 6.61 Å². The zero-order valence-electron chi connectivity index (χ0n) is 8.30. The lowest BCUT2D eigenvalue weighted by atomic mass is 10.1. The van der Waals surface area contributed by atoms with Crippen molar-refractivity contribution < 1.29 is 9.40 Å². The van der Waals surface area contributed by atoms with Gasteiger partial charge in [-0.2, -0.15) is 4.98 Å². The molecule has 0 aliphatic carbocycles. The zero-order valence-corrected chi connectivity index (χ0v) is 9.05. The Morgan fingerprint density at radius 3 is 2.94 bits per heavy atom. The van der Waals surface area contributed by atoms with Crippen LogP contribution in [0, 0.1) is 0 Å². The molecule has 4 nitrogen and oxygen atoms in total. The Bertz CT molecular complexity index is 445. The minimum atomic E-state index is -0.00220. The minimum absolute atomic E-state index is 0.00220. The molecule has 0 saturated carbocycles. The third kappa shape index (κ3) is 2.29. The summed E-state index contributed by atoms with van der Waals surface area (Å²) in [7, 11) is 0. The molecule has 0 spiro atoms. The Morgan fingerprint density at radius 1 is 1.31 bits per heavy atom. The molecule has 1 aromatic carbocycles. The van der Waals surface area contributed by atoms with Crippen molar-refractivity contribution in [3.8, 4) is 17.3 Å². The molecule has 0 aliphatic heterocycles. The van der Waals surface area contributed by atoms with Crippen LogP contribution in [-0.4, -0.2) is 15.1 Å². The second kappa shape index (κ2) is 4.92. The van der Waals surface area contributed by atoms with Crippen LogP contribution >= 0.6 is 11.9 Å². The highest BCUT2D eigenvalue weighted by Crippen LogP contribution is 2.19. The summed E-state index contributed by atoms with van der Waals surface area (Å²) in [4.78, 5) is 7.90. The van der Waals surface area contributed by atoms with E-state index in [-0.39, 0.29) is 12.6 Å². The summed E-state index contributed by atoms with van der Waals surface area (Å²) in [6.45, 7) is -0.00220. The second-order valence-electron chi connectivity index (χ2n) is 3.16. The van der Waals surface area contributed by atoms with E-state index in [1.807, 2.05) is 24.3 Å². The van der Waals surface area contributed by atoms with Crippen molar-refractivity contribution >= 4 is 11.9 Å². The number of aromatic nitrogens is 2. The number of aliphatic hydroxyl groups is 1. The summed E-state index contributed by atoms with van der Waals surface area (Å²) in [5.41, 5.74) is 2.40. The first kappa shape index (κ1) is 10.9. The van der Waals surface area contributed by atoms with Crippen molar-refractivity contribution in [2.75, 3.05) is 0 Å². The molecule has 0 radical (unpaired) electrons. The first-order valence-corrected chi connectivity index (χ1v) is 4.96. The summed E-state index contributed by atoms with van der Waals surface area (Å²) in [5.74, 6) is 0. The SMILES string of the molecule is OCc1cccc(-c2ccnc(OCl)n2)c1. The van der Waals surface area contributed by atoms with Crippen LogP contribution < -0.4 is 4.29 Å². The molecule has 1 heterocycles. The van der Waals surface area contributed by atoms with E-state index in [0.29, 0.717) is 5.69 Å². The number of aliphatic hydroxyl groups excluding tert-OH is 1. The van der Waals surface area contributed by atoms with Gasteiger partial charge in [0.25, 0.3) is 0 Å². The first-order chi connectivity index (χ1) is 7.83. The molecule has 0 atom stereocenters. The van der Waals surface area contributed by atoms with E-state index in [9.17, 15) is 0 Å². The number of halogens is 1. The van der Waals surface area contributed by atoms with Gasteiger partial charge >= 0.3 is 6.01 Å². The maximum atomic E-state index is 9.03. The second-order valence-corrected chi connectivity index (χ2v) is 3.31. The lowest BCUT2D eigenvalue weighted by Crippen LogP contribution is -1.90. The van der Waals surface area contributed by atoms with Crippen LogP contribution in [0.25, 0.3) is 11.3 Å². The molecule has 0 bridgehead atoms. The number of benzene rings is 1. The zero-order chi connectivity index (χ0) is 11.4. The van der Waals surface area contributed by atoms with E-state index in [2.05, 4.69) is 14.3 Å². The van der Waals surface area contributed by atoms with Gasteiger partial charge in [0.2, 0.25) is 0 Å². The normalized spacial score (nSPS) is 10.1. The van der Waals surface area contributed by atoms with Gasteiger partial charge in [-0.1, -0.05) is 18.2 Å². The molecule has 16 heavy (non-hydrogen) atoms. The lowest BCUT2D eigenvalue weighted by molar-refractivity contribution is 0.282. The summed E-state index contributed by atoms with van der Waals surface area (Å²) in [5, 5.41) is 9.03. The average molecular weight is 237 g/mol. The van der Waals surface area contributed by atoms with Crippen molar-refractivity contribution in [1.82, 2.24) is 9.97 Å². The van der Waals surface area contributed by atoms with E-state index >= 15 is 0 Å². The van der Waals surface area contributed by atoms with Gasteiger partial charge in [-0.15, -0.1) is 0 Å². The summed E-state index contributed by atoms with van der Waals surface area (Å²) < 4.78 is 4.43. The highest BCUT2D eigenvalue weighted by atomic mass is 35.5. The van der Waals surface area contributed by atoms with Gasteiger partial charge in [-0.3, -0.25) is 0 Å². The smallest absolute Gasteiger partial charge is 0.336 e. The minimum Gasteiger partial charge on any atom is -0.392 e. The number of nitrogens with zero attached hydrogens (tertiary/aromatic N) is 2. The third-order valence-electron chi connectivity index (χ3n) is 2.11. The monoisotopic (exact) mass is 236 g/mol. The van der Waals surface area contributed by atoms with E-state index < -0.39 is 0 Å². The van der Waals surface area contributed by atoms with Gasteiger partial charge in [-0.25, -0.2) is 4.98 Å². The van der Waals surface area contributed by atoms with Crippen molar-refractivity contribution in [2.24, 2.45) is 0 Å². The molecule has 0 saturated heterocycles. The maximum absolute atomic E-state index is 9.03. The van der Waals surface area contributed by atoms with Crippen LogP contribution in [0.2, 0.25) is 0 Å². The Hall–Kier alpha value is -1.65. The number of hydrogen-bond donors (Lipinski definition) is 1. The molecule has 1 N–H and O–H groups in total. The Balaban J connectivity index is 2.41. The molecular formula is C11H9ClN2O2. The van der Waals surface area contributed by atoms with Gasteiger partial charge < -0.3 is 9.40 Å². The molecule has 2 rings (SSSR count). The van der Waals surface area contributed by atoms with Gasteiger partial charge in [0.15, 0.2) is 0 Å². The largest absolute Gasteiger partial charge is 0.392 e. The molecule has 0 amide bonds. The summed E-state index contributed by atoms with van der Waals surface area (Å²) in [6.07, 6.45) is 1.56. The fourth-order valence-corrected chi connectivity index (χ4v) is 1.44. The van der Waals surface area contributed by atoms with Crippen molar-refractivity contribution in [3.05, 3.63) is 42.1 Å². The lowest BCUT2D eigenvalue weighted by Gasteiger charge is -2.03. The van der Waals surface area contributed by atoms with E-state index in [0.717, 1.165) is 11.1 Å². The predicted molar refractivity (Wildman–Crippen MR) is 59.9 cm³/mol. The van der Waals surface area contributed by atoms with E-state index in [1.165, 1.54) is 0 Å². The Kier molecular flexibility index (Phi) is 3.34. The molecule has 82 valence electrons. The molecule has 5 heteroatoms. The maximum Gasteiger partial charge on any atom is 0.336 e. The highest BCUT2D eigenvalue weighted by Gasteiger charge is 2.03. The fraction of sp³-hybridized carbons (Fsp3) is 0.0909. The highest BCUT2D eigenvalue weighted by molar-refractivity contribution is 6.08. The van der Waals surface area contributed by atoms with Gasteiger partial charge in [-0.05, 0) is 17.7 Å². The van der Waals surface area contributed by atoms with Crippen LogP contribution in [-0.2, 0) is 6.61 Å². The quantitative estimate of drug-likeness (QED) is 0.888. The van der Waals surface area contributed by atoms with Gasteiger partial charge in [0.1, 0.15) is 11.9 Å². The third-order valence-corrected chi connectivity index (χ3v) is 2.25. The van der Waals surface area contributed by atoms with Crippen LogP contribution in [0.1, 0.15) is 5.56 Å². The molecular weight excluding hydrogens is 228 g/mol. The summed E-state index contributed by atoms with van der Waals surface area (Å²) >= 11 is 5.18. The molecule has 0 aliphatic rings. The number of hydrogen-bond acceptors (Lipinski definition) is 4. The topological polar surface area (TPSA) is 55.2 Å². The van der Waals surface area contributed by atoms with Crippen molar-refractivity contribution in [1.29, 1.82) is 0 Å². The van der Waals surface area contributed by atoms with Crippen molar-refractivity contribution in [3.63, 3.8) is 0 Å². The number of rotatable bonds is 3. The van der Waals surface area contributed by atoms with Crippen LogP contribution in [0.3, 0.4) is 0 Å². The van der Waals surface area contributed by atoms with E-state index in [4.69, 9.17) is 17.0 Å². The van der Waals surface area contributed by atoms with Gasteiger partial charge in [0, 0.05) is 11.8 Å². The van der Waals surface area contributed by atoms with E-state index in [1.54, 1.807) is 12.3 Å². The standard InChI is InChI=1S/C11H9ClN2O2/c12-16-11-13-5-4-10(14-11)9-3-1-2-8(6-9)7-15/h1-6,15H,7H2.